The molecule has 0 amide bonds. The Kier molecular flexibility index (Phi) is 5.10. The van der Waals surface area contributed by atoms with Crippen molar-refractivity contribution < 1.29 is 0 Å². The number of halogens is 1. The maximum Gasteiger partial charge on any atom is 0.0935 e. The van der Waals surface area contributed by atoms with Gasteiger partial charge in [-0.05, 0) is 57.6 Å². The Balaban J connectivity index is 1.44. The Morgan fingerprint density at radius 1 is 0.793 bits per heavy atom. The molecule has 5 rings (SSSR count). The molecule has 1 atom stereocenters. The molecule has 3 heteroatoms. The van der Waals surface area contributed by atoms with Crippen molar-refractivity contribution in [3.05, 3.63) is 101 Å². The molecule has 0 spiro atoms. The standard InChI is InChI=1S/C26H20INS/c1-2-25-28-23-14-13-21(16-24(23)29-25)18-7-10-19(11-8-18)26(27)22-12-9-17-5-3-4-6-20(17)15-22/h3-16,26H,2H2,1H3. The molecular formula is C26H20INS. The number of hydrogen-bond acceptors (Lipinski definition) is 2. The quantitative estimate of drug-likeness (QED) is 0.177. The van der Waals surface area contributed by atoms with E-state index in [0.717, 1.165) is 11.9 Å². The van der Waals surface area contributed by atoms with E-state index >= 15 is 0 Å². The molecule has 1 nitrogen and oxygen atoms in total. The molecule has 0 aliphatic carbocycles. The summed E-state index contributed by atoms with van der Waals surface area (Å²) >= 11 is 4.34. The summed E-state index contributed by atoms with van der Waals surface area (Å²) in [7, 11) is 0. The summed E-state index contributed by atoms with van der Waals surface area (Å²) in [4.78, 5) is 4.68. The fraction of sp³-hybridized carbons (Fsp3) is 0.115. The van der Waals surface area contributed by atoms with Crippen LogP contribution in [-0.2, 0) is 6.42 Å². The van der Waals surface area contributed by atoms with Crippen LogP contribution in [0.4, 0.5) is 0 Å². The van der Waals surface area contributed by atoms with Crippen LogP contribution in [0, 0.1) is 0 Å². The molecular weight excluding hydrogens is 485 g/mol. The lowest BCUT2D eigenvalue weighted by Crippen LogP contribution is -1.92. The third kappa shape index (κ3) is 3.69. The lowest BCUT2D eigenvalue weighted by atomic mass is 9.98. The van der Waals surface area contributed by atoms with Crippen LogP contribution in [-0.4, -0.2) is 4.98 Å². The number of aromatic nitrogens is 1. The molecule has 0 fully saturated rings. The van der Waals surface area contributed by atoms with Gasteiger partial charge in [-0.3, -0.25) is 0 Å². The number of rotatable bonds is 4. The van der Waals surface area contributed by atoms with E-state index in [-0.39, 0.29) is 0 Å². The smallest absolute Gasteiger partial charge is 0.0935 e. The summed E-state index contributed by atoms with van der Waals surface area (Å²) in [5.74, 6) is 0. The monoisotopic (exact) mass is 505 g/mol. The van der Waals surface area contributed by atoms with Crippen molar-refractivity contribution >= 4 is 54.9 Å². The second-order valence-corrected chi connectivity index (χ2v) is 9.60. The number of alkyl halides is 1. The lowest BCUT2D eigenvalue weighted by Gasteiger charge is -2.13. The molecule has 0 aliphatic rings. The van der Waals surface area contributed by atoms with Crippen molar-refractivity contribution in [1.29, 1.82) is 0 Å². The van der Waals surface area contributed by atoms with Crippen molar-refractivity contribution in [3.8, 4) is 11.1 Å². The van der Waals surface area contributed by atoms with Gasteiger partial charge in [-0.15, -0.1) is 11.3 Å². The zero-order valence-corrected chi connectivity index (χ0v) is 19.1. The van der Waals surface area contributed by atoms with Crippen molar-refractivity contribution in [2.24, 2.45) is 0 Å². The first-order valence-electron chi connectivity index (χ1n) is 9.84. The van der Waals surface area contributed by atoms with Crippen LogP contribution in [0.2, 0.25) is 0 Å². The van der Waals surface area contributed by atoms with Crippen LogP contribution in [0.25, 0.3) is 32.1 Å². The highest BCUT2D eigenvalue weighted by Gasteiger charge is 2.11. The summed E-state index contributed by atoms with van der Waals surface area (Å²) in [5, 5.41) is 3.79. The number of thiazole rings is 1. The van der Waals surface area contributed by atoms with Crippen molar-refractivity contribution in [3.63, 3.8) is 0 Å². The van der Waals surface area contributed by atoms with Gasteiger partial charge in [0, 0.05) is 0 Å². The number of aryl methyl sites for hydroxylation is 1. The Morgan fingerprint density at radius 3 is 2.31 bits per heavy atom. The highest BCUT2D eigenvalue weighted by Crippen LogP contribution is 2.35. The number of nitrogens with zero attached hydrogens (tertiary/aromatic N) is 1. The number of benzene rings is 4. The fourth-order valence-corrected chi connectivity index (χ4v) is 5.45. The molecule has 1 unspecified atom stereocenters. The summed E-state index contributed by atoms with van der Waals surface area (Å²) in [5.41, 5.74) is 6.29. The molecule has 0 radical (unpaired) electrons. The predicted octanol–water partition coefficient (Wildman–Crippen LogP) is 8.20. The van der Waals surface area contributed by atoms with Crippen LogP contribution in [0.3, 0.4) is 0 Å². The Morgan fingerprint density at radius 2 is 1.52 bits per heavy atom. The normalized spacial score (nSPS) is 12.5. The average Bonchev–Trinajstić information content (AvgIpc) is 3.21. The lowest BCUT2D eigenvalue weighted by molar-refractivity contribution is 1.11. The van der Waals surface area contributed by atoms with Gasteiger partial charge in [0.2, 0.25) is 0 Å². The number of hydrogen-bond donors (Lipinski definition) is 0. The highest BCUT2D eigenvalue weighted by atomic mass is 127. The van der Waals surface area contributed by atoms with Crippen LogP contribution < -0.4 is 0 Å². The molecule has 29 heavy (non-hydrogen) atoms. The second kappa shape index (κ2) is 7.88. The van der Waals surface area contributed by atoms with E-state index in [2.05, 4.69) is 119 Å². The van der Waals surface area contributed by atoms with Gasteiger partial charge in [-0.25, -0.2) is 4.98 Å². The van der Waals surface area contributed by atoms with Crippen molar-refractivity contribution in [2.75, 3.05) is 0 Å². The second-order valence-electron chi connectivity index (χ2n) is 7.23. The Bertz CT molecular complexity index is 1300. The topological polar surface area (TPSA) is 12.9 Å². The summed E-state index contributed by atoms with van der Waals surface area (Å²) in [6, 6.07) is 30.9. The summed E-state index contributed by atoms with van der Waals surface area (Å²) in [6.07, 6.45) is 0.995. The zero-order valence-electron chi connectivity index (χ0n) is 16.1. The molecule has 142 valence electrons. The van der Waals surface area contributed by atoms with E-state index in [1.165, 1.54) is 42.7 Å². The average molecular weight is 505 g/mol. The SMILES string of the molecule is CCc1nc2ccc(-c3ccc(C(I)c4ccc5ccccc5c4)cc3)cc2s1. The molecule has 0 saturated carbocycles. The van der Waals surface area contributed by atoms with Crippen LogP contribution in [0.1, 0.15) is 27.0 Å². The zero-order chi connectivity index (χ0) is 19.8. The molecule has 5 aromatic rings. The molecule has 1 heterocycles. The maximum atomic E-state index is 4.68. The minimum absolute atomic E-state index is 0.336. The van der Waals surface area contributed by atoms with Gasteiger partial charge in [0.25, 0.3) is 0 Å². The fourth-order valence-electron chi connectivity index (χ4n) is 3.71. The largest absolute Gasteiger partial charge is 0.241 e. The molecule has 4 aromatic carbocycles. The number of fused-ring (bicyclic) bond motifs is 2. The van der Waals surface area contributed by atoms with Gasteiger partial charge in [-0.2, -0.15) is 0 Å². The van der Waals surface area contributed by atoms with E-state index in [0.29, 0.717) is 3.92 Å². The molecule has 0 aliphatic heterocycles. The van der Waals surface area contributed by atoms with Crippen LogP contribution >= 0.6 is 33.9 Å². The highest BCUT2D eigenvalue weighted by molar-refractivity contribution is 14.1. The maximum absolute atomic E-state index is 4.68. The van der Waals surface area contributed by atoms with Gasteiger partial charge < -0.3 is 0 Å². The predicted molar refractivity (Wildman–Crippen MR) is 134 cm³/mol. The molecule has 0 bridgehead atoms. The van der Waals surface area contributed by atoms with E-state index in [1.807, 2.05) is 0 Å². The first kappa shape index (κ1) is 18.8. The minimum Gasteiger partial charge on any atom is -0.241 e. The first-order chi connectivity index (χ1) is 14.2. The van der Waals surface area contributed by atoms with Gasteiger partial charge >= 0.3 is 0 Å². The van der Waals surface area contributed by atoms with Gasteiger partial charge in [-0.1, -0.05) is 96.2 Å². The van der Waals surface area contributed by atoms with Crippen molar-refractivity contribution in [2.45, 2.75) is 17.3 Å². The molecule has 0 saturated heterocycles. The van der Waals surface area contributed by atoms with E-state index in [1.54, 1.807) is 11.3 Å². The van der Waals surface area contributed by atoms with Gasteiger partial charge in [0.15, 0.2) is 0 Å². The van der Waals surface area contributed by atoms with E-state index in [4.69, 9.17) is 0 Å². The van der Waals surface area contributed by atoms with Crippen molar-refractivity contribution in [1.82, 2.24) is 4.98 Å². The minimum atomic E-state index is 0.336. The molecule has 0 N–H and O–H groups in total. The van der Waals surface area contributed by atoms with E-state index in [9.17, 15) is 0 Å². The Labute approximate surface area is 188 Å². The third-order valence-electron chi connectivity index (χ3n) is 5.34. The van der Waals surface area contributed by atoms with Gasteiger partial charge in [0.1, 0.15) is 0 Å². The van der Waals surface area contributed by atoms with E-state index < -0.39 is 0 Å². The summed E-state index contributed by atoms with van der Waals surface area (Å²) in [6.45, 7) is 2.16. The van der Waals surface area contributed by atoms with Gasteiger partial charge in [0.05, 0.1) is 19.1 Å². The Hall–Kier alpha value is -2.24. The van der Waals surface area contributed by atoms with Crippen LogP contribution in [0.5, 0.6) is 0 Å². The van der Waals surface area contributed by atoms with Crippen LogP contribution in [0.15, 0.2) is 84.9 Å². The summed E-state index contributed by atoms with van der Waals surface area (Å²) < 4.78 is 1.61. The first-order valence-corrected chi connectivity index (χ1v) is 11.9. The molecule has 1 aromatic heterocycles. The third-order valence-corrected chi connectivity index (χ3v) is 7.94.